The van der Waals surface area contributed by atoms with Crippen molar-refractivity contribution in [2.75, 3.05) is 11.1 Å². The van der Waals surface area contributed by atoms with Gasteiger partial charge in [0.25, 0.3) is 5.91 Å². The highest BCUT2D eigenvalue weighted by Crippen LogP contribution is 2.30. The number of alkyl halides is 3. The van der Waals surface area contributed by atoms with E-state index in [9.17, 15) is 22.8 Å². The predicted octanol–water partition coefficient (Wildman–Crippen LogP) is 4.71. The predicted molar refractivity (Wildman–Crippen MR) is 119 cm³/mol. The minimum Gasteiger partial charge on any atom is -0.342 e. The molecule has 0 saturated carbocycles. The lowest BCUT2D eigenvalue weighted by atomic mass is 10.2. The standard InChI is InChI=1S/C21H19ClF3N5O2S/c1-12(26-19(32)13-6-8-15(22)9-7-13)18-28-29-20(30(18)2)33-11-17(31)27-16-5-3-4-14(10-16)21(23,24)25/h3-10,12H,11H2,1-2H3,(H,26,32)(H,27,31)/t12-/m1/s1. The van der Waals surface area contributed by atoms with Gasteiger partial charge in [0.05, 0.1) is 17.4 Å². The van der Waals surface area contributed by atoms with Crippen LogP contribution in [-0.4, -0.2) is 32.3 Å². The number of nitrogens with zero attached hydrogens (tertiary/aromatic N) is 3. The zero-order chi connectivity index (χ0) is 24.2. The number of carbonyl (C=O) groups is 2. The van der Waals surface area contributed by atoms with Gasteiger partial charge in [0, 0.05) is 23.3 Å². The van der Waals surface area contributed by atoms with E-state index >= 15 is 0 Å². The fourth-order valence-electron chi connectivity index (χ4n) is 2.88. The monoisotopic (exact) mass is 497 g/mol. The summed E-state index contributed by atoms with van der Waals surface area (Å²) in [6, 6.07) is 10.4. The smallest absolute Gasteiger partial charge is 0.342 e. The average molecular weight is 498 g/mol. The van der Waals surface area contributed by atoms with Crippen molar-refractivity contribution in [3.05, 3.63) is 70.5 Å². The third-order valence-corrected chi connectivity index (χ3v) is 5.79. The molecular formula is C21H19ClF3N5O2S. The molecular weight excluding hydrogens is 479 g/mol. The van der Waals surface area contributed by atoms with Crippen LogP contribution in [0.15, 0.2) is 53.7 Å². The van der Waals surface area contributed by atoms with Crippen LogP contribution >= 0.6 is 23.4 Å². The van der Waals surface area contributed by atoms with Gasteiger partial charge < -0.3 is 15.2 Å². The molecule has 0 radical (unpaired) electrons. The summed E-state index contributed by atoms with van der Waals surface area (Å²) in [7, 11) is 1.69. The van der Waals surface area contributed by atoms with Crippen LogP contribution in [0.4, 0.5) is 18.9 Å². The van der Waals surface area contributed by atoms with E-state index in [1.807, 2.05) is 0 Å². The fourth-order valence-corrected chi connectivity index (χ4v) is 3.72. The quantitative estimate of drug-likeness (QED) is 0.461. The maximum Gasteiger partial charge on any atom is 0.416 e. The first-order valence-corrected chi connectivity index (χ1v) is 11.0. The number of nitrogens with one attached hydrogen (secondary N) is 2. The molecule has 0 bridgehead atoms. The molecule has 12 heteroatoms. The van der Waals surface area contributed by atoms with Gasteiger partial charge in [0.1, 0.15) is 0 Å². The molecule has 7 nitrogen and oxygen atoms in total. The number of hydrogen-bond acceptors (Lipinski definition) is 5. The summed E-state index contributed by atoms with van der Waals surface area (Å²) in [5.74, 6) is -0.420. The maximum atomic E-state index is 12.8. The molecule has 0 aliphatic rings. The Labute approximate surface area is 196 Å². The summed E-state index contributed by atoms with van der Waals surface area (Å²) in [5, 5.41) is 14.3. The first kappa shape index (κ1) is 24.6. The Morgan fingerprint density at radius 2 is 1.85 bits per heavy atom. The van der Waals surface area contributed by atoms with Gasteiger partial charge in [-0.3, -0.25) is 9.59 Å². The van der Waals surface area contributed by atoms with Crippen LogP contribution in [0.5, 0.6) is 0 Å². The van der Waals surface area contributed by atoms with Crippen molar-refractivity contribution < 1.29 is 22.8 Å². The van der Waals surface area contributed by atoms with Gasteiger partial charge in [-0.05, 0) is 49.4 Å². The SMILES string of the molecule is C[C@@H](NC(=O)c1ccc(Cl)cc1)c1nnc(SCC(=O)Nc2cccc(C(F)(F)F)c2)n1C. The van der Waals surface area contributed by atoms with E-state index in [1.165, 1.54) is 12.1 Å². The fraction of sp³-hybridized carbons (Fsp3) is 0.238. The summed E-state index contributed by atoms with van der Waals surface area (Å²) in [4.78, 5) is 24.6. The molecule has 0 aliphatic heterocycles. The summed E-state index contributed by atoms with van der Waals surface area (Å²) >= 11 is 6.90. The lowest BCUT2D eigenvalue weighted by Gasteiger charge is -2.13. The van der Waals surface area contributed by atoms with Crippen LogP contribution in [0, 0.1) is 0 Å². The zero-order valence-electron chi connectivity index (χ0n) is 17.5. The van der Waals surface area contributed by atoms with Crippen LogP contribution in [0.1, 0.15) is 34.7 Å². The lowest BCUT2D eigenvalue weighted by Crippen LogP contribution is -2.28. The molecule has 2 amide bonds. The number of halogens is 4. The topological polar surface area (TPSA) is 88.9 Å². The summed E-state index contributed by atoms with van der Waals surface area (Å²) in [6.07, 6.45) is -4.50. The molecule has 1 heterocycles. The molecule has 174 valence electrons. The van der Waals surface area contributed by atoms with Crippen LogP contribution in [-0.2, 0) is 18.0 Å². The van der Waals surface area contributed by atoms with E-state index in [0.29, 0.717) is 21.6 Å². The van der Waals surface area contributed by atoms with Gasteiger partial charge >= 0.3 is 6.18 Å². The van der Waals surface area contributed by atoms with Crippen molar-refractivity contribution in [3.63, 3.8) is 0 Å². The van der Waals surface area contributed by atoms with Crippen molar-refractivity contribution in [1.29, 1.82) is 0 Å². The van der Waals surface area contributed by atoms with Crippen molar-refractivity contribution in [3.8, 4) is 0 Å². The molecule has 3 aromatic rings. The average Bonchev–Trinajstić information content (AvgIpc) is 3.12. The van der Waals surface area contributed by atoms with Gasteiger partial charge in [-0.2, -0.15) is 13.2 Å². The Hall–Kier alpha value is -3.05. The Morgan fingerprint density at radius 3 is 2.52 bits per heavy atom. The second-order valence-electron chi connectivity index (χ2n) is 7.02. The van der Waals surface area contributed by atoms with E-state index in [0.717, 1.165) is 23.9 Å². The number of anilines is 1. The Balaban J connectivity index is 1.57. The van der Waals surface area contributed by atoms with Gasteiger partial charge in [-0.1, -0.05) is 29.4 Å². The van der Waals surface area contributed by atoms with E-state index in [2.05, 4.69) is 20.8 Å². The van der Waals surface area contributed by atoms with E-state index in [-0.39, 0.29) is 17.3 Å². The highest BCUT2D eigenvalue weighted by Gasteiger charge is 2.30. The number of benzene rings is 2. The molecule has 2 aromatic carbocycles. The molecule has 1 aromatic heterocycles. The molecule has 1 atom stereocenters. The van der Waals surface area contributed by atoms with Crippen molar-refractivity contribution in [2.24, 2.45) is 7.05 Å². The maximum absolute atomic E-state index is 12.8. The largest absolute Gasteiger partial charge is 0.416 e. The second-order valence-corrected chi connectivity index (χ2v) is 8.40. The summed E-state index contributed by atoms with van der Waals surface area (Å²) in [5.41, 5.74) is -0.359. The summed E-state index contributed by atoms with van der Waals surface area (Å²) in [6.45, 7) is 1.74. The highest BCUT2D eigenvalue weighted by molar-refractivity contribution is 7.99. The van der Waals surface area contributed by atoms with E-state index in [1.54, 1.807) is 42.8 Å². The minimum atomic E-state index is -4.50. The number of amides is 2. The number of aromatic nitrogens is 3. The van der Waals surface area contributed by atoms with Crippen molar-refractivity contribution in [2.45, 2.75) is 24.3 Å². The molecule has 0 saturated heterocycles. The normalized spacial score (nSPS) is 12.3. The zero-order valence-corrected chi connectivity index (χ0v) is 19.1. The van der Waals surface area contributed by atoms with E-state index in [4.69, 9.17) is 11.6 Å². The molecule has 0 spiro atoms. The lowest BCUT2D eigenvalue weighted by molar-refractivity contribution is -0.137. The van der Waals surface area contributed by atoms with Crippen molar-refractivity contribution in [1.82, 2.24) is 20.1 Å². The van der Waals surface area contributed by atoms with Gasteiger partial charge in [0.2, 0.25) is 5.91 Å². The highest BCUT2D eigenvalue weighted by atomic mass is 35.5. The van der Waals surface area contributed by atoms with Gasteiger partial charge in [-0.15, -0.1) is 10.2 Å². The van der Waals surface area contributed by atoms with E-state index < -0.39 is 23.7 Å². The summed E-state index contributed by atoms with van der Waals surface area (Å²) < 4.78 is 40.1. The Morgan fingerprint density at radius 1 is 1.15 bits per heavy atom. The second kappa shape index (κ2) is 10.3. The Kier molecular flexibility index (Phi) is 7.65. The number of hydrogen-bond donors (Lipinski definition) is 2. The van der Waals surface area contributed by atoms with Crippen LogP contribution < -0.4 is 10.6 Å². The van der Waals surface area contributed by atoms with Gasteiger partial charge in [-0.25, -0.2) is 0 Å². The van der Waals surface area contributed by atoms with Crippen LogP contribution in [0.3, 0.4) is 0 Å². The third kappa shape index (κ3) is 6.48. The number of thioether (sulfide) groups is 1. The first-order valence-electron chi connectivity index (χ1n) is 9.60. The molecule has 0 aliphatic carbocycles. The van der Waals surface area contributed by atoms with Crippen LogP contribution in [0.2, 0.25) is 5.02 Å². The molecule has 2 N–H and O–H groups in total. The first-order chi connectivity index (χ1) is 15.5. The third-order valence-electron chi connectivity index (χ3n) is 4.52. The van der Waals surface area contributed by atoms with Crippen molar-refractivity contribution >= 4 is 40.9 Å². The molecule has 33 heavy (non-hydrogen) atoms. The molecule has 0 fully saturated rings. The molecule has 0 unspecified atom stereocenters. The Bertz CT molecular complexity index is 1150. The minimum absolute atomic E-state index is 0.0487. The molecule has 3 rings (SSSR count). The van der Waals surface area contributed by atoms with Gasteiger partial charge in [0.15, 0.2) is 11.0 Å². The number of rotatable bonds is 7. The number of carbonyl (C=O) groups excluding carboxylic acids is 2. The van der Waals surface area contributed by atoms with Crippen LogP contribution in [0.25, 0.3) is 0 Å².